The van der Waals surface area contributed by atoms with Crippen molar-refractivity contribution in [3.05, 3.63) is 33.8 Å². The highest BCUT2D eigenvalue weighted by molar-refractivity contribution is 6.35. The van der Waals surface area contributed by atoms with Crippen LogP contribution in [0.25, 0.3) is 0 Å². The van der Waals surface area contributed by atoms with Gasteiger partial charge >= 0.3 is 0 Å². The lowest BCUT2D eigenvalue weighted by atomic mass is 9.97. The van der Waals surface area contributed by atoms with Gasteiger partial charge < -0.3 is 15.4 Å². The monoisotopic (exact) mass is 330 g/mol. The number of piperidine rings is 1. The van der Waals surface area contributed by atoms with Crippen LogP contribution >= 0.6 is 23.2 Å². The van der Waals surface area contributed by atoms with E-state index in [-0.39, 0.29) is 11.8 Å². The Morgan fingerprint density at radius 2 is 2.10 bits per heavy atom. The van der Waals surface area contributed by atoms with Crippen molar-refractivity contribution in [3.63, 3.8) is 0 Å². The van der Waals surface area contributed by atoms with Gasteiger partial charge in [0.1, 0.15) is 0 Å². The van der Waals surface area contributed by atoms with Crippen LogP contribution in [-0.2, 0) is 16.1 Å². The van der Waals surface area contributed by atoms with E-state index in [0.29, 0.717) is 29.8 Å². The van der Waals surface area contributed by atoms with Crippen LogP contribution in [0.3, 0.4) is 0 Å². The zero-order valence-electron chi connectivity index (χ0n) is 11.8. The number of hydrogen-bond donors (Lipinski definition) is 2. The maximum absolute atomic E-state index is 11.9. The van der Waals surface area contributed by atoms with E-state index < -0.39 is 0 Å². The molecule has 1 aliphatic heterocycles. The number of amides is 1. The van der Waals surface area contributed by atoms with Gasteiger partial charge in [-0.2, -0.15) is 0 Å². The molecule has 0 bridgehead atoms. The third kappa shape index (κ3) is 5.47. The minimum atomic E-state index is 0.129. The van der Waals surface area contributed by atoms with Crippen LogP contribution in [0.4, 0.5) is 0 Å². The number of carbonyl (C=O) groups excluding carboxylic acids is 1. The molecule has 0 saturated carbocycles. The van der Waals surface area contributed by atoms with Crippen LogP contribution in [0.1, 0.15) is 18.4 Å². The molecule has 1 heterocycles. The van der Waals surface area contributed by atoms with E-state index in [1.807, 2.05) is 6.07 Å². The fourth-order valence-corrected chi connectivity index (χ4v) is 2.76. The Morgan fingerprint density at radius 3 is 2.81 bits per heavy atom. The Balaban J connectivity index is 1.62. The number of nitrogens with one attached hydrogen (secondary N) is 2. The van der Waals surface area contributed by atoms with Crippen LogP contribution in [0.2, 0.25) is 10.0 Å². The van der Waals surface area contributed by atoms with E-state index in [1.54, 1.807) is 12.1 Å². The molecule has 0 radical (unpaired) electrons. The van der Waals surface area contributed by atoms with E-state index in [1.165, 1.54) is 0 Å². The molecule has 21 heavy (non-hydrogen) atoms. The number of ether oxygens (including phenoxy) is 1. The second-order valence-electron chi connectivity index (χ2n) is 5.10. The third-order valence-corrected chi connectivity index (χ3v) is 4.12. The standard InChI is InChI=1S/C15H20Cl2N2O2/c16-13-2-1-12(14(17)9-13)10-21-8-7-19-15(20)11-3-5-18-6-4-11/h1-2,9,11,18H,3-8,10H2,(H,19,20). The predicted molar refractivity (Wildman–Crippen MR) is 84.7 cm³/mol. The number of rotatable bonds is 6. The molecule has 1 saturated heterocycles. The SMILES string of the molecule is O=C(NCCOCc1ccc(Cl)cc1Cl)C1CCNCC1. The Hall–Kier alpha value is -0.810. The first kappa shape index (κ1) is 16.6. The second kappa shape index (κ2) is 8.59. The van der Waals surface area contributed by atoms with Gasteiger partial charge in [0, 0.05) is 22.5 Å². The largest absolute Gasteiger partial charge is 0.375 e. The quantitative estimate of drug-likeness (QED) is 0.788. The Kier molecular flexibility index (Phi) is 6.77. The molecule has 1 amide bonds. The van der Waals surface area contributed by atoms with Crippen molar-refractivity contribution in [3.8, 4) is 0 Å². The molecule has 0 aromatic heterocycles. The molecule has 6 heteroatoms. The number of benzene rings is 1. The zero-order valence-corrected chi connectivity index (χ0v) is 13.3. The van der Waals surface area contributed by atoms with Gasteiger partial charge in [0.05, 0.1) is 13.2 Å². The molecular formula is C15H20Cl2N2O2. The summed E-state index contributed by atoms with van der Waals surface area (Å²) in [6.07, 6.45) is 1.82. The third-order valence-electron chi connectivity index (χ3n) is 3.53. The lowest BCUT2D eigenvalue weighted by Gasteiger charge is -2.21. The van der Waals surface area contributed by atoms with Crippen molar-refractivity contribution < 1.29 is 9.53 Å². The molecule has 0 atom stereocenters. The molecule has 1 aromatic carbocycles. The van der Waals surface area contributed by atoms with Crippen LogP contribution in [0.15, 0.2) is 18.2 Å². The minimum Gasteiger partial charge on any atom is -0.375 e. The molecule has 1 aromatic rings. The molecule has 2 N–H and O–H groups in total. The number of halogens is 2. The summed E-state index contributed by atoms with van der Waals surface area (Å²) in [5.41, 5.74) is 0.894. The first-order valence-corrected chi connectivity index (χ1v) is 7.92. The smallest absolute Gasteiger partial charge is 0.223 e. The topological polar surface area (TPSA) is 50.4 Å². The molecular weight excluding hydrogens is 311 g/mol. The van der Waals surface area contributed by atoms with Gasteiger partial charge in [-0.15, -0.1) is 0 Å². The van der Waals surface area contributed by atoms with Gasteiger partial charge in [-0.3, -0.25) is 4.79 Å². The highest BCUT2D eigenvalue weighted by Crippen LogP contribution is 2.21. The molecule has 0 unspecified atom stereocenters. The van der Waals surface area contributed by atoms with Gasteiger partial charge in [0.15, 0.2) is 0 Å². The first-order valence-electron chi connectivity index (χ1n) is 7.17. The maximum Gasteiger partial charge on any atom is 0.223 e. The van der Waals surface area contributed by atoms with Gasteiger partial charge in [0.2, 0.25) is 5.91 Å². The first-order chi connectivity index (χ1) is 10.2. The van der Waals surface area contributed by atoms with Crippen molar-refractivity contribution in [1.82, 2.24) is 10.6 Å². The van der Waals surface area contributed by atoms with Crippen LogP contribution < -0.4 is 10.6 Å². The van der Waals surface area contributed by atoms with Crippen LogP contribution in [-0.4, -0.2) is 32.1 Å². The summed E-state index contributed by atoms with van der Waals surface area (Å²) in [7, 11) is 0. The van der Waals surface area contributed by atoms with E-state index in [9.17, 15) is 4.79 Å². The van der Waals surface area contributed by atoms with Crippen molar-refractivity contribution in [2.24, 2.45) is 5.92 Å². The Labute approximate surface area is 135 Å². The number of carbonyl (C=O) groups is 1. The molecule has 2 rings (SSSR count). The minimum absolute atomic E-state index is 0.129. The summed E-state index contributed by atoms with van der Waals surface area (Å²) in [6, 6.07) is 5.32. The molecule has 0 aliphatic carbocycles. The van der Waals surface area contributed by atoms with Gasteiger partial charge in [-0.05, 0) is 43.6 Å². The van der Waals surface area contributed by atoms with E-state index in [0.717, 1.165) is 31.5 Å². The van der Waals surface area contributed by atoms with Crippen molar-refractivity contribution in [2.45, 2.75) is 19.4 Å². The summed E-state index contributed by atoms with van der Waals surface area (Å²) in [4.78, 5) is 11.9. The fraction of sp³-hybridized carbons (Fsp3) is 0.533. The lowest BCUT2D eigenvalue weighted by molar-refractivity contribution is -0.126. The second-order valence-corrected chi connectivity index (χ2v) is 5.95. The molecule has 116 valence electrons. The maximum atomic E-state index is 11.9. The number of hydrogen-bond acceptors (Lipinski definition) is 3. The summed E-state index contributed by atoms with van der Waals surface area (Å²) in [5.74, 6) is 0.265. The zero-order chi connectivity index (χ0) is 15.1. The normalized spacial score (nSPS) is 15.9. The summed E-state index contributed by atoms with van der Waals surface area (Å²) < 4.78 is 5.52. The summed E-state index contributed by atoms with van der Waals surface area (Å²) in [5, 5.41) is 7.37. The summed E-state index contributed by atoms with van der Waals surface area (Å²) in [6.45, 7) is 3.25. The van der Waals surface area contributed by atoms with Gasteiger partial charge in [0.25, 0.3) is 0 Å². The fourth-order valence-electron chi connectivity index (χ4n) is 2.30. The molecule has 1 aliphatic rings. The van der Waals surface area contributed by atoms with Gasteiger partial charge in [-0.1, -0.05) is 29.3 Å². The van der Waals surface area contributed by atoms with E-state index in [2.05, 4.69) is 10.6 Å². The van der Waals surface area contributed by atoms with Crippen molar-refractivity contribution in [1.29, 1.82) is 0 Å². The molecule has 1 fully saturated rings. The van der Waals surface area contributed by atoms with Crippen molar-refractivity contribution in [2.75, 3.05) is 26.2 Å². The van der Waals surface area contributed by atoms with Crippen LogP contribution in [0.5, 0.6) is 0 Å². The summed E-state index contributed by atoms with van der Waals surface area (Å²) >= 11 is 11.9. The molecule has 4 nitrogen and oxygen atoms in total. The lowest BCUT2D eigenvalue weighted by Crippen LogP contribution is -2.39. The average Bonchev–Trinajstić information content (AvgIpc) is 2.49. The predicted octanol–water partition coefficient (Wildman–Crippen LogP) is 2.63. The van der Waals surface area contributed by atoms with Gasteiger partial charge in [-0.25, -0.2) is 0 Å². The average molecular weight is 331 g/mol. The van der Waals surface area contributed by atoms with Crippen molar-refractivity contribution >= 4 is 29.1 Å². The highest BCUT2D eigenvalue weighted by Gasteiger charge is 2.20. The van der Waals surface area contributed by atoms with E-state index >= 15 is 0 Å². The van der Waals surface area contributed by atoms with Crippen LogP contribution in [0, 0.1) is 5.92 Å². The highest BCUT2D eigenvalue weighted by atomic mass is 35.5. The Morgan fingerprint density at radius 1 is 1.33 bits per heavy atom. The Bertz CT molecular complexity index is 477. The molecule has 0 spiro atoms. The van der Waals surface area contributed by atoms with E-state index in [4.69, 9.17) is 27.9 Å².